The summed E-state index contributed by atoms with van der Waals surface area (Å²) in [6, 6.07) is 19.2. The summed E-state index contributed by atoms with van der Waals surface area (Å²) in [4.78, 5) is 28.2. The highest BCUT2D eigenvalue weighted by Gasteiger charge is 2.26. The van der Waals surface area contributed by atoms with Crippen molar-refractivity contribution in [2.75, 3.05) is 30.8 Å². The minimum absolute atomic E-state index is 0.437. The molecule has 4 N–H and O–H groups in total. The molecule has 4 rings (SSSR count). The average Bonchev–Trinajstić information content (AvgIpc) is 3.44. The standard InChI is InChI=1S/C27H28ClN5O3/c1-36-23-7-3-2-6-22(23)24(32-27(35)31-21-14-10-19(28)11-15-21)26(34)30-20-12-8-18(9-13-20)25(29)33-16-4-5-17-33/h2-3,6-15,24,29H,4-5,16-17H2,1H3,(H,30,34)(H2,31,32,35). The van der Waals surface area contributed by atoms with Crippen LogP contribution in [-0.4, -0.2) is 42.9 Å². The normalized spacial score (nSPS) is 13.6. The van der Waals surface area contributed by atoms with Crippen LogP contribution in [0.25, 0.3) is 0 Å². The van der Waals surface area contributed by atoms with Crippen molar-refractivity contribution < 1.29 is 14.3 Å². The first-order chi connectivity index (χ1) is 17.4. The highest BCUT2D eigenvalue weighted by Crippen LogP contribution is 2.27. The Kier molecular flexibility index (Phi) is 8.07. The van der Waals surface area contributed by atoms with Gasteiger partial charge >= 0.3 is 6.03 Å². The van der Waals surface area contributed by atoms with Crippen LogP contribution in [0.15, 0.2) is 72.8 Å². The van der Waals surface area contributed by atoms with Crippen molar-refractivity contribution in [1.29, 1.82) is 5.41 Å². The molecular formula is C27H28ClN5O3. The molecule has 1 aliphatic rings. The number of amides is 3. The molecule has 0 saturated carbocycles. The summed E-state index contributed by atoms with van der Waals surface area (Å²) < 4.78 is 5.44. The third-order valence-electron chi connectivity index (χ3n) is 5.94. The smallest absolute Gasteiger partial charge is 0.320 e. The summed E-state index contributed by atoms with van der Waals surface area (Å²) in [5.74, 6) is 0.518. The zero-order valence-electron chi connectivity index (χ0n) is 19.9. The molecule has 0 aromatic heterocycles. The maximum Gasteiger partial charge on any atom is 0.320 e. The van der Waals surface area contributed by atoms with Crippen LogP contribution >= 0.6 is 11.6 Å². The van der Waals surface area contributed by atoms with Crippen molar-refractivity contribution in [1.82, 2.24) is 10.2 Å². The van der Waals surface area contributed by atoms with E-state index in [1.807, 2.05) is 12.1 Å². The average molecular weight is 506 g/mol. The summed E-state index contributed by atoms with van der Waals surface area (Å²) >= 11 is 5.92. The summed E-state index contributed by atoms with van der Waals surface area (Å²) in [7, 11) is 1.51. The molecule has 0 aliphatic carbocycles. The summed E-state index contributed by atoms with van der Waals surface area (Å²) in [5.41, 5.74) is 2.39. The lowest BCUT2D eigenvalue weighted by Gasteiger charge is -2.21. The molecule has 186 valence electrons. The molecule has 0 bridgehead atoms. The molecule has 3 amide bonds. The van der Waals surface area contributed by atoms with Gasteiger partial charge in [-0.05, 0) is 67.4 Å². The zero-order chi connectivity index (χ0) is 25.5. The number of rotatable bonds is 7. The number of methoxy groups -OCH3 is 1. The van der Waals surface area contributed by atoms with Crippen molar-refractivity contribution in [2.45, 2.75) is 18.9 Å². The maximum absolute atomic E-state index is 13.4. The van der Waals surface area contributed by atoms with E-state index in [1.165, 1.54) is 7.11 Å². The summed E-state index contributed by atoms with van der Waals surface area (Å²) in [6.45, 7) is 1.78. The van der Waals surface area contributed by atoms with Crippen molar-refractivity contribution in [3.05, 3.63) is 88.9 Å². The van der Waals surface area contributed by atoms with Crippen molar-refractivity contribution >= 4 is 40.7 Å². The van der Waals surface area contributed by atoms with E-state index in [1.54, 1.807) is 60.7 Å². The maximum atomic E-state index is 13.4. The minimum atomic E-state index is -1.03. The number of nitrogens with zero attached hydrogens (tertiary/aromatic N) is 1. The molecule has 1 saturated heterocycles. The van der Waals surface area contributed by atoms with E-state index in [9.17, 15) is 9.59 Å². The number of para-hydroxylation sites is 1. The molecule has 1 atom stereocenters. The van der Waals surface area contributed by atoms with Crippen LogP contribution in [0.2, 0.25) is 5.02 Å². The third-order valence-corrected chi connectivity index (χ3v) is 6.19. The molecule has 8 nitrogen and oxygen atoms in total. The molecule has 36 heavy (non-hydrogen) atoms. The molecule has 3 aromatic rings. The number of hydrogen-bond acceptors (Lipinski definition) is 4. The fourth-order valence-corrected chi connectivity index (χ4v) is 4.20. The van der Waals surface area contributed by atoms with Gasteiger partial charge in [-0.1, -0.05) is 29.8 Å². The SMILES string of the molecule is COc1ccccc1C(NC(=O)Nc1ccc(Cl)cc1)C(=O)Nc1ccc(C(=N)N2CCCC2)cc1. The lowest BCUT2D eigenvalue weighted by atomic mass is 10.0. The van der Waals surface area contributed by atoms with Crippen LogP contribution < -0.4 is 20.7 Å². The first-order valence-corrected chi connectivity index (χ1v) is 12.0. The van der Waals surface area contributed by atoms with E-state index in [0.717, 1.165) is 31.5 Å². The van der Waals surface area contributed by atoms with E-state index in [0.29, 0.717) is 33.5 Å². The minimum Gasteiger partial charge on any atom is -0.496 e. The van der Waals surface area contributed by atoms with Gasteiger partial charge in [0, 0.05) is 40.6 Å². The number of carbonyl (C=O) groups is 2. The molecular weight excluding hydrogens is 478 g/mol. The number of ether oxygens (including phenoxy) is 1. The number of anilines is 2. The zero-order valence-corrected chi connectivity index (χ0v) is 20.6. The number of nitrogens with one attached hydrogen (secondary N) is 4. The Hall–Kier alpha value is -4.04. The molecule has 1 fully saturated rings. The van der Waals surface area contributed by atoms with Crippen LogP contribution in [0.5, 0.6) is 5.75 Å². The Balaban J connectivity index is 1.50. The monoisotopic (exact) mass is 505 g/mol. The molecule has 9 heteroatoms. The van der Waals surface area contributed by atoms with Crippen molar-refractivity contribution in [3.63, 3.8) is 0 Å². The van der Waals surface area contributed by atoms with E-state index in [-0.39, 0.29) is 0 Å². The van der Waals surface area contributed by atoms with Gasteiger partial charge in [0.05, 0.1) is 7.11 Å². The number of halogens is 1. The van der Waals surface area contributed by atoms with E-state index in [2.05, 4.69) is 20.9 Å². The predicted molar refractivity (Wildman–Crippen MR) is 142 cm³/mol. The molecule has 0 spiro atoms. The third kappa shape index (κ3) is 6.14. The van der Waals surface area contributed by atoms with Gasteiger partial charge in [-0.25, -0.2) is 4.79 Å². The van der Waals surface area contributed by atoms with Crippen LogP contribution in [0, 0.1) is 5.41 Å². The number of amidine groups is 1. The Morgan fingerprint density at radius 3 is 2.19 bits per heavy atom. The second kappa shape index (κ2) is 11.6. The number of urea groups is 1. The van der Waals surface area contributed by atoms with Crippen molar-refractivity contribution in [3.8, 4) is 5.75 Å². The largest absolute Gasteiger partial charge is 0.496 e. The lowest BCUT2D eigenvalue weighted by molar-refractivity contribution is -0.118. The van der Waals surface area contributed by atoms with E-state index >= 15 is 0 Å². The Bertz CT molecular complexity index is 1220. The van der Waals surface area contributed by atoms with Gasteiger partial charge in [0.2, 0.25) is 0 Å². The van der Waals surface area contributed by atoms with Crippen LogP contribution in [0.1, 0.15) is 30.0 Å². The van der Waals surface area contributed by atoms with Crippen LogP contribution in [0.3, 0.4) is 0 Å². The molecule has 1 aliphatic heterocycles. The molecule has 1 heterocycles. The summed E-state index contributed by atoms with van der Waals surface area (Å²) in [6.07, 6.45) is 2.19. The van der Waals surface area contributed by atoms with Crippen molar-refractivity contribution in [2.24, 2.45) is 0 Å². The Morgan fingerprint density at radius 1 is 0.917 bits per heavy atom. The number of benzene rings is 3. The summed E-state index contributed by atoms with van der Waals surface area (Å²) in [5, 5.41) is 17.3. The number of hydrogen-bond donors (Lipinski definition) is 4. The van der Waals surface area contributed by atoms with Gasteiger partial charge < -0.3 is 25.6 Å². The number of likely N-dealkylation sites (tertiary alicyclic amines) is 1. The highest BCUT2D eigenvalue weighted by molar-refractivity contribution is 6.30. The van der Waals surface area contributed by atoms with Crippen LogP contribution in [0.4, 0.5) is 16.2 Å². The highest BCUT2D eigenvalue weighted by atomic mass is 35.5. The Morgan fingerprint density at radius 2 is 1.53 bits per heavy atom. The van der Waals surface area contributed by atoms with Crippen LogP contribution in [-0.2, 0) is 4.79 Å². The first-order valence-electron chi connectivity index (χ1n) is 11.7. The van der Waals surface area contributed by atoms with Gasteiger partial charge in [-0.3, -0.25) is 10.2 Å². The fourth-order valence-electron chi connectivity index (χ4n) is 4.07. The van der Waals surface area contributed by atoms with Gasteiger partial charge in [-0.2, -0.15) is 0 Å². The van der Waals surface area contributed by atoms with E-state index in [4.69, 9.17) is 21.7 Å². The van der Waals surface area contributed by atoms with Gasteiger partial charge in [0.25, 0.3) is 5.91 Å². The van der Waals surface area contributed by atoms with Gasteiger partial charge in [0.15, 0.2) is 0 Å². The van der Waals surface area contributed by atoms with Gasteiger partial charge in [-0.15, -0.1) is 0 Å². The second-order valence-corrected chi connectivity index (χ2v) is 8.83. The topological polar surface area (TPSA) is 107 Å². The van der Waals surface area contributed by atoms with E-state index < -0.39 is 18.0 Å². The van der Waals surface area contributed by atoms with Gasteiger partial charge in [0.1, 0.15) is 17.6 Å². The molecule has 0 radical (unpaired) electrons. The first kappa shape index (κ1) is 25.1. The molecule has 3 aromatic carbocycles. The second-order valence-electron chi connectivity index (χ2n) is 8.39. The quantitative estimate of drug-likeness (QED) is 0.259. The Labute approximate surface area is 215 Å². The number of carbonyl (C=O) groups excluding carboxylic acids is 2. The lowest BCUT2D eigenvalue weighted by Crippen LogP contribution is -2.39. The molecule has 1 unspecified atom stereocenters. The predicted octanol–water partition coefficient (Wildman–Crippen LogP) is 5.27. The fraction of sp³-hybridized carbons (Fsp3) is 0.222.